The summed E-state index contributed by atoms with van der Waals surface area (Å²) in [5.41, 5.74) is 1.21. The summed E-state index contributed by atoms with van der Waals surface area (Å²) in [7, 11) is 3.18. The Hall–Kier alpha value is -1.55. The van der Waals surface area contributed by atoms with Crippen LogP contribution in [0.1, 0.15) is 24.5 Å². The highest BCUT2D eigenvalue weighted by atomic mass is 16.5. The molecule has 4 nitrogen and oxygen atoms in total. The van der Waals surface area contributed by atoms with Crippen LogP contribution in [0.25, 0.3) is 0 Å². The molecule has 1 atom stereocenters. The number of ether oxygens (including phenoxy) is 2. The molecule has 1 saturated heterocycles. The molecule has 0 spiro atoms. The first kappa shape index (κ1) is 13.9. The summed E-state index contributed by atoms with van der Waals surface area (Å²) in [6, 6.07) is 10.3. The third-order valence-electron chi connectivity index (χ3n) is 3.78. The SMILES string of the molecule is COC(=O)N1CCC(C(OC)c2ccccc2)CC1. The third-order valence-corrected chi connectivity index (χ3v) is 3.78. The van der Waals surface area contributed by atoms with E-state index < -0.39 is 0 Å². The predicted octanol–water partition coefficient (Wildman–Crippen LogP) is 2.85. The van der Waals surface area contributed by atoms with Crippen molar-refractivity contribution in [1.82, 2.24) is 4.90 Å². The summed E-state index contributed by atoms with van der Waals surface area (Å²) in [6.45, 7) is 1.48. The zero-order chi connectivity index (χ0) is 13.7. The van der Waals surface area contributed by atoms with Gasteiger partial charge in [0.05, 0.1) is 13.2 Å². The van der Waals surface area contributed by atoms with Gasteiger partial charge in [0.15, 0.2) is 0 Å². The van der Waals surface area contributed by atoms with E-state index in [-0.39, 0.29) is 12.2 Å². The van der Waals surface area contributed by atoms with Gasteiger partial charge in [0.2, 0.25) is 0 Å². The lowest BCUT2D eigenvalue weighted by molar-refractivity contribution is 0.0197. The van der Waals surface area contributed by atoms with Crippen LogP contribution in [0.4, 0.5) is 4.79 Å². The van der Waals surface area contributed by atoms with Gasteiger partial charge >= 0.3 is 6.09 Å². The Bertz CT molecular complexity index is 399. The molecule has 1 heterocycles. The second-order valence-corrected chi connectivity index (χ2v) is 4.86. The molecular formula is C15H21NO3. The number of hydrogen-bond donors (Lipinski definition) is 0. The number of rotatable bonds is 3. The first-order valence-electron chi connectivity index (χ1n) is 6.67. The van der Waals surface area contributed by atoms with Gasteiger partial charge in [0, 0.05) is 20.2 Å². The van der Waals surface area contributed by atoms with Gasteiger partial charge in [-0.2, -0.15) is 0 Å². The average Bonchev–Trinajstić information content (AvgIpc) is 2.49. The third kappa shape index (κ3) is 3.26. The van der Waals surface area contributed by atoms with Crippen molar-refractivity contribution in [3.05, 3.63) is 35.9 Å². The molecule has 4 heteroatoms. The van der Waals surface area contributed by atoms with Gasteiger partial charge in [-0.25, -0.2) is 4.79 Å². The van der Waals surface area contributed by atoms with Crippen molar-refractivity contribution in [3.8, 4) is 0 Å². The molecular weight excluding hydrogens is 242 g/mol. The predicted molar refractivity (Wildman–Crippen MR) is 72.9 cm³/mol. The number of amides is 1. The van der Waals surface area contributed by atoms with E-state index in [1.165, 1.54) is 12.7 Å². The zero-order valence-electron chi connectivity index (χ0n) is 11.5. The van der Waals surface area contributed by atoms with Crippen LogP contribution in [0.3, 0.4) is 0 Å². The van der Waals surface area contributed by atoms with Crippen molar-refractivity contribution in [2.75, 3.05) is 27.3 Å². The standard InChI is InChI=1S/C15H21NO3/c1-18-14(12-6-4-3-5-7-12)13-8-10-16(11-9-13)15(17)19-2/h3-7,13-14H,8-11H2,1-2H3. The van der Waals surface area contributed by atoms with Gasteiger partial charge in [-0.1, -0.05) is 30.3 Å². The number of methoxy groups -OCH3 is 2. The van der Waals surface area contributed by atoms with E-state index in [9.17, 15) is 4.79 Å². The van der Waals surface area contributed by atoms with Gasteiger partial charge in [-0.05, 0) is 24.3 Å². The van der Waals surface area contributed by atoms with E-state index in [2.05, 4.69) is 12.1 Å². The minimum absolute atomic E-state index is 0.112. The zero-order valence-corrected chi connectivity index (χ0v) is 11.5. The lowest BCUT2D eigenvalue weighted by atomic mass is 9.87. The number of piperidine rings is 1. The van der Waals surface area contributed by atoms with Crippen LogP contribution in [0.5, 0.6) is 0 Å². The van der Waals surface area contributed by atoms with E-state index in [4.69, 9.17) is 9.47 Å². The van der Waals surface area contributed by atoms with Crippen LogP contribution < -0.4 is 0 Å². The Kier molecular flexibility index (Phi) is 4.80. The maximum absolute atomic E-state index is 11.5. The normalized spacial score (nSPS) is 18.1. The largest absolute Gasteiger partial charge is 0.453 e. The van der Waals surface area contributed by atoms with Crippen molar-refractivity contribution in [2.24, 2.45) is 5.92 Å². The second kappa shape index (κ2) is 6.57. The lowest BCUT2D eigenvalue weighted by Gasteiger charge is -2.34. The molecule has 2 rings (SSSR count). The molecule has 1 amide bonds. The number of benzene rings is 1. The van der Waals surface area contributed by atoms with Crippen molar-refractivity contribution in [1.29, 1.82) is 0 Å². The Balaban J connectivity index is 1.98. The maximum Gasteiger partial charge on any atom is 0.409 e. The highest BCUT2D eigenvalue weighted by Gasteiger charge is 2.29. The minimum atomic E-state index is -0.230. The molecule has 0 bridgehead atoms. The molecule has 1 fully saturated rings. The van der Waals surface area contributed by atoms with Crippen molar-refractivity contribution < 1.29 is 14.3 Å². The average molecular weight is 263 g/mol. The molecule has 1 aliphatic rings. The van der Waals surface area contributed by atoms with Crippen molar-refractivity contribution >= 4 is 6.09 Å². The van der Waals surface area contributed by atoms with Gasteiger partial charge in [-0.15, -0.1) is 0 Å². The Morgan fingerprint density at radius 1 is 1.21 bits per heavy atom. The number of likely N-dealkylation sites (tertiary alicyclic amines) is 1. The molecule has 1 unspecified atom stereocenters. The van der Waals surface area contributed by atoms with Gasteiger partial charge in [-0.3, -0.25) is 0 Å². The topological polar surface area (TPSA) is 38.8 Å². The van der Waals surface area contributed by atoms with Crippen molar-refractivity contribution in [3.63, 3.8) is 0 Å². The highest BCUT2D eigenvalue weighted by Crippen LogP contribution is 2.33. The van der Waals surface area contributed by atoms with Gasteiger partial charge < -0.3 is 14.4 Å². The van der Waals surface area contributed by atoms with E-state index in [1.807, 2.05) is 18.2 Å². The van der Waals surface area contributed by atoms with E-state index >= 15 is 0 Å². The van der Waals surface area contributed by atoms with Gasteiger partial charge in [0.25, 0.3) is 0 Å². The fourth-order valence-electron chi connectivity index (χ4n) is 2.76. The quantitative estimate of drug-likeness (QED) is 0.841. The van der Waals surface area contributed by atoms with Crippen LogP contribution in [-0.4, -0.2) is 38.3 Å². The molecule has 0 radical (unpaired) electrons. The molecule has 1 aliphatic heterocycles. The number of carbonyl (C=O) groups is 1. The fourth-order valence-corrected chi connectivity index (χ4v) is 2.76. The van der Waals surface area contributed by atoms with Crippen LogP contribution >= 0.6 is 0 Å². The van der Waals surface area contributed by atoms with Crippen LogP contribution in [0, 0.1) is 5.92 Å². The summed E-state index contributed by atoms with van der Waals surface area (Å²) >= 11 is 0. The van der Waals surface area contributed by atoms with Crippen LogP contribution in [0.15, 0.2) is 30.3 Å². The Morgan fingerprint density at radius 3 is 2.37 bits per heavy atom. The maximum atomic E-state index is 11.5. The molecule has 1 aromatic rings. The molecule has 1 aromatic carbocycles. The first-order valence-corrected chi connectivity index (χ1v) is 6.67. The first-order chi connectivity index (χ1) is 9.26. The smallest absolute Gasteiger partial charge is 0.409 e. The minimum Gasteiger partial charge on any atom is -0.453 e. The van der Waals surface area contributed by atoms with E-state index in [0.717, 1.165) is 25.9 Å². The van der Waals surface area contributed by atoms with Gasteiger partial charge in [0.1, 0.15) is 0 Å². The lowest BCUT2D eigenvalue weighted by Crippen LogP contribution is -2.39. The van der Waals surface area contributed by atoms with E-state index in [1.54, 1.807) is 12.0 Å². The molecule has 0 N–H and O–H groups in total. The molecule has 0 saturated carbocycles. The molecule has 19 heavy (non-hydrogen) atoms. The molecule has 0 aliphatic carbocycles. The molecule has 0 aromatic heterocycles. The second-order valence-electron chi connectivity index (χ2n) is 4.86. The summed E-state index contributed by atoms with van der Waals surface area (Å²) in [6.07, 6.45) is 1.78. The fraction of sp³-hybridized carbons (Fsp3) is 0.533. The monoisotopic (exact) mass is 263 g/mol. The van der Waals surface area contributed by atoms with E-state index in [0.29, 0.717) is 5.92 Å². The Morgan fingerprint density at radius 2 is 1.84 bits per heavy atom. The van der Waals surface area contributed by atoms with Crippen LogP contribution in [0.2, 0.25) is 0 Å². The van der Waals surface area contributed by atoms with Crippen molar-refractivity contribution in [2.45, 2.75) is 18.9 Å². The summed E-state index contributed by atoms with van der Waals surface area (Å²) in [5.74, 6) is 0.452. The summed E-state index contributed by atoms with van der Waals surface area (Å²) in [4.78, 5) is 13.2. The number of carbonyl (C=O) groups excluding carboxylic acids is 1. The highest BCUT2D eigenvalue weighted by molar-refractivity contribution is 5.67. The number of hydrogen-bond acceptors (Lipinski definition) is 3. The Labute approximate surface area is 114 Å². The summed E-state index contributed by atoms with van der Waals surface area (Å²) < 4.78 is 10.4. The molecule has 104 valence electrons. The van der Waals surface area contributed by atoms with Crippen LogP contribution in [-0.2, 0) is 9.47 Å². The number of nitrogens with zero attached hydrogens (tertiary/aromatic N) is 1. The summed E-state index contributed by atoms with van der Waals surface area (Å²) in [5, 5.41) is 0.